The van der Waals surface area contributed by atoms with Crippen molar-refractivity contribution in [2.45, 2.75) is 50.8 Å². The van der Waals surface area contributed by atoms with Crippen molar-refractivity contribution in [3.63, 3.8) is 0 Å². The van der Waals surface area contributed by atoms with Crippen LogP contribution in [-0.4, -0.2) is 70.3 Å². The second-order valence-electron chi connectivity index (χ2n) is 13.2. The van der Waals surface area contributed by atoms with Crippen LogP contribution in [-0.2, 0) is 20.9 Å². The van der Waals surface area contributed by atoms with Gasteiger partial charge < -0.3 is 14.9 Å². The molecule has 3 aromatic rings. The van der Waals surface area contributed by atoms with E-state index in [0.29, 0.717) is 25.9 Å². The second kappa shape index (κ2) is 13.4. The van der Waals surface area contributed by atoms with Gasteiger partial charge in [0, 0.05) is 31.6 Å². The summed E-state index contributed by atoms with van der Waals surface area (Å²) in [5, 5.41) is 20.5. The van der Waals surface area contributed by atoms with Crippen molar-refractivity contribution in [2.24, 2.45) is 17.8 Å². The molecule has 4 atom stereocenters. The molecule has 3 heterocycles. The van der Waals surface area contributed by atoms with Crippen LogP contribution >= 0.6 is 0 Å². The quantitative estimate of drug-likeness (QED) is 0.182. The third kappa shape index (κ3) is 6.07. The van der Waals surface area contributed by atoms with Crippen molar-refractivity contribution in [3.8, 4) is 5.75 Å². The minimum absolute atomic E-state index is 0.0472. The van der Waals surface area contributed by atoms with Crippen LogP contribution in [0.1, 0.15) is 48.8 Å². The van der Waals surface area contributed by atoms with Gasteiger partial charge in [0.1, 0.15) is 5.75 Å². The van der Waals surface area contributed by atoms with E-state index in [1.807, 2.05) is 36.4 Å². The summed E-state index contributed by atoms with van der Waals surface area (Å²) in [4.78, 5) is 31.9. The summed E-state index contributed by atoms with van der Waals surface area (Å²) >= 11 is 0. The van der Waals surface area contributed by atoms with Crippen LogP contribution in [0.2, 0.25) is 0 Å². The maximum atomic E-state index is 14.1. The summed E-state index contributed by atoms with van der Waals surface area (Å²) in [6.45, 7) is 2.85. The van der Waals surface area contributed by atoms with Gasteiger partial charge in [-0.15, -0.1) is 0 Å². The number of imide groups is 1. The van der Waals surface area contributed by atoms with E-state index in [0.717, 1.165) is 60.3 Å². The molecule has 7 rings (SSSR count). The zero-order valence-corrected chi connectivity index (χ0v) is 26.1. The fourth-order valence-electron chi connectivity index (χ4n) is 8.24. The number of rotatable bonds is 9. The summed E-state index contributed by atoms with van der Waals surface area (Å²) in [6.07, 6.45) is 5.28. The van der Waals surface area contributed by atoms with Crippen LogP contribution in [0.5, 0.6) is 5.75 Å². The zero-order chi connectivity index (χ0) is 31.6. The molecule has 1 aliphatic carbocycles. The number of phenols is 1. The molecule has 0 saturated carbocycles. The number of hydrogen-bond acceptors (Lipinski definition) is 6. The van der Waals surface area contributed by atoms with Gasteiger partial charge >= 0.3 is 0 Å². The lowest BCUT2D eigenvalue weighted by Crippen LogP contribution is -2.47. The average molecular weight is 619 g/mol. The molecular weight excluding hydrogens is 576 g/mol. The Bertz CT molecular complexity index is 1630. The lowest BCUT2D eigenvalue weighted by atomic mass is 9.69. The van der Waals surface area contributed by atoms with Gasteiger partial charge in [-0.2, -0.15) is 0 Å². The summed E-state index contributed by atoms with van der Waals surface area (Å²) in [7, 11) is 0. The highest BCUT2D eigenvalue weighted by Crippen LogP contribution is 2.50. The molecule has 3 saturated heterocycles. The number of fused-ring (bicyclic) bond motifs is 3. The molecule has 3 aromatic carbocycles. The molecule has 0 radical (unpaired) electrons. The molecule has 0 spiro atoms. The number of carbonyl (C=O) groups excluding carboxylic acids is 2. The van der Waals surface area contributed by atoms with E-state index in [-0.39, 0.29) is 42.2 Å². The Balaban J connectivity index is 1.06. The van der Waals surface area contributed by atoms with E-state index in [1.165, 1.54) is 5.56 Å². The predicted molar refractivity (Wildman–Crippen MR) is 177 cm³/mol. The zero-order valence-electron chi connectivity index (χ0n) is 26.1. The van der Waals surface area contributed by atoms with Crippen LogP contribution in [0.15, 0.2) is 96.1 Å². The lowest BCUT2D eigenvalue weighted by Gasteiger charge is -2.36. The number of aliphatic hydroxyl groups is 1. The van der Waals surface area contributed by atoms with E-state index in [4.69, 9.17) is 4.74 Å². The first-order valence-corrected chi connectivity index (χ1v) is 16.6. The number of ether oxygens (including phenoxy) is 1. The smallest absolute Gasteiger partial charge is 0.234 e. The molecule has 2 amide bonds. The number of aliphatic hydroxyl groups excluding tert-OH is 1. The van der Waals surface area contributed by atoms with E-state index in [1.54, 1.807) is 17.0 Å². The minimum atomic E-state index is -0.418. The number of likely N-dealkylation sites (tertiary alicyclic amines) is 2. The summed E-state index contributed by atoms with van der Waals surface area (Å²) in [5.74, 6) is -0.902. The monoisotopic (exact) mass is 618 g/mol. The number of piperidine rings is 1. The molecule has 238 valence electrons. The van der Waals surface area contributed by atoms with Crippen molar-refractivity contribution < 1.29 is 24.5 Å². The minimum Gasteiger partial charge on any atom is -0.508 e. The Morgan fingerprint density at radius 3 is 2.35 bits per heavy atom. The number of phenolic OH excluding ortho intramolecular Hbond substituents is 1. The Labute approximate surface area is 270 Å². The van der Waals surface area contributed by atoms with Crippen LogP contribution in [0, 0.1) is 17.8 Å². The normalized spacial score (nSPS) is 25.7. The van der Waals surface area contributed by atoms with Gasteiger partial charge in [0.15, 0.2) is 0 Å². The number of hydrogen-bond donors (Lipinski definition) is 2. The number of nitrogens with zero attached hydrogens (tertiary/aromatic N) is 2. The Hall–Kier alpha value is -4.04. The highest BCUT2D eigenvalue weighted by Gasteiger charge is 2.58. The van der Waals surface area contributed by atoms with Crippen molar-refractivity contribution in [2.75, 3.05) is 26.3 Å². The molecule has 46 heavy (non-hydrogen) atoms. The topological polar surface area (TPSA) is 90.3 Å². The summed E-state index contributed by atoms with van der Waals surface area (Å²) in [5.41, 5.74) is 6.32. The molecule has 7 heteroatoms. The van der Waals surface area contributed by atoms with E-state index >= 15 is 0 Å². The standard InChI is InChI=1S/C39H42N2O5/c42-24-30-22-33-37(39(45)41(38(33)44)31-16-18-40(19-17-31)23-26-8-3-1-4-9-26)34-25-46-35(36(30)34)15-14-29(28-11-5-2-6-12-28)20-27-10-7-13-32(43)21-27/h1-13,20-21,31,33-35,37,42-43H,14-19,22-25H2/b29-20-/t33-,34+,35-,37-/m1/s1. The second-order valence-corrected chi connectivity index (χ2v) is 13.2. The molecule has 3 aliphatic heterocycles. The van der Waals surface area contributed by atoms with Gasteiger partial charge in [-0.25, -0.2) is 0 Å². The van der Waals surface area contributed by atoms with E-state index < -0.39 is 11.8 Å². The SMILES string of the molecule is O=C1[C@@H]2[C@@H](CC(CO)=C3[C@@H](CC/C(=C/c4cccc(O)c4)c4ccccc4)OC[C@@H]32)C(=O)N1C1CCN(Cc2ccccc2)CC1. The number of carbonyl (C=O) groups is 2. The fourth-order valence-corrected chi connectivity index (χ4v) is 8.24. The first-order valence-electron chi connectivity index (χ1n) is 16.6. The highest BCUT2D eigenvalue weighted by molar-refractivity contribution is 6.06. The molecule has 2 N–H and O–H groups in total. The summed E-state index contributed by atoms with van der Waals surface area (Å²) < 4.78 is 6.41. The Morgan fingerprint density at radius 2 is 1.63 bits per heavy atom. The van der Waals surface area contributed by atoms with Crippen molar-refractivity contribution in [1.29, 1.82) is 0 Å². The predicted octanol–water partition coefficient (Wildman–Crippen LogP) is 5.69. The van der Waals surface area contributed by atoms with Gasteiger partial charge in [-0.3, -0.25) is 19.4 Å². The lowest BCUT2D eigenvalue weighted by molar-refractivity contribution is -0.144. The molecule has 0 bridgehead atoms. The van der Waals surface area contributed by atoms with Crippen molar-refractivity contribution >= 4 is 23.5 Å². The van der Waals surface area contributed by atoms with Gasteiger partial charge in [-0.1, -0.05) is 78.9 Å². The van der Waals surface area contributed by atoms with Crippen molar-refractivity contribution in [3.05, 3.63) is 113 Å². The number of amides is 2. The molecule has 3 fully saturated rings. The summed E-state index contributed by atoms with van der Waals surface area (Å²) in [6, 6.07) is 27.8. The molecule has 0 aromatic heterocycles. The maximum absolute atomic E-state index is 14.1. The third-order valence-corrected chi connectivity index (χ3v) is 10.4. The Kier molecular flexibility index (Phi) is 8.89. The van der Waals surface area contributed by atoms with Crippen LogP contribution in [0.25, 0.3) is 11.6 Å². The van der Waals surface area contributed by atoms with Gasteiger partial charge in [-0.05, 0) is 77.6 Å². The number of benzene rings is 3. The third-order valence-electron chi connectivity index (χ3n) is 10.4. The van der Waals surface area contributed by atoms with Crippen LogP contribution in [0.4, 0.5) is 0 Å². The average Bonchev–Trinajstić information content (AvgIpc) is 3.61. The molecule has 0 unspecified atom stereocenters. The number of aromatic hydroxyl groups is 1. The van der Waals surface area contributed by atoms with Gasteiger partial charge in [0.2, 0.25) is 11.8 Å². The van der Waals surface area contributed by atoms with E-state index in [2.05, 4.69) is 47.4 Å². The number of allylic oxidation sites excluding steroid dienone is 1. The molecule has 7 nitrogen and oxygen atoms in total. The molecular formula is C39H42N2O5. The van der Waals surface area contributed by atoms with Gasteiger partial charge in [0.25, 0.3) is 0 Å². The fraction of sp³-hybridized carbons (Fsp3) is 0.385. The molecule has 4 aliphatic rings. The maximum Gasteiger partial charge on any atom is 0.234 e. The van der Waals surface area contributed by atoms with Crippen LogP contribution < -0.4 is 0 Å². The largest absolute Gasteiger partial charge is 0.508 e. The van der Waals surface area contributed by atoms with Crippen molar-refractivity contribution in [1.82, 2.24) is 9.80 Å². The van der Waals surface area contributed by atoms with Crippen LogP contribution in [0.3, 0.4) is 0 Å². The van der Waals surface area contributed by atoms with Gasteiger partial charge in [0.05, 0.1) is 31.2 Å². The Morgan fingerprint density at radius 1 is 0.891 bits per heavy atom. The first kappa shape index (κ1) is 30.6. The van der Waals surface area contributed by atoms with E-state index in [9.17, 15) is 19.8 Å². The first-order chi connectivity index (χ1) is 22.5. The highest BCUT2D eigenvalue weighted by atomic mass is 16.5.